The Balaban J connectivity index is 1.46. The van der Waals surface area contributed by atoms with Crippen molar-refractivity contribution in [1.29, 1.82) is 0 Å². The van der Waals surface area contributed by atoms with Gasteiger partial charge in [-0.3, -0.25) is 0 Å². The molecule has 1 saturated carbocycles. The number of nitrogens with one attached hydrogen (secondary N) is 1. The Kier molecular flexibility index (Phi) is 3.83. The van der Waals surface area contributed by atoms with Crippen LogP contribution in [0.4, 0.5) is 0 Å². The minimum atomic E-state index is 0.449. The van der Waals surface area contributed by atoms with Crippen LogP contribution in [-0.2, 0) is 6.54 Å². The first-order valence-electron chi connectivity index (χ1n) is 6.44. The van der Waals surface area contributed by atoms with Crippen LogP contribution in [0.1, 0.15) is 30.1 Å². The number of rotatable bonds is 4. The fourth-order valence-corrected chi connectivity index (χ4v) is 2.77. The minimum Gasteiger partial charge on any atom is -0.448 e. The van der Waals surface area contributed by atoms with Crippen LogP contribution >= 0.6 is 23.2 Å². The number of furan rings is 1. The second-order valence-corrected chi connectivity index (χ2v) is 5.81. The average Bonchev–Trinajstić information content (AvgIpc) is 2.75. The third-order valence-electron chi connectivity index (χ3n) is 3.67. The van der Waals surface area contributed by atoms with E-state index in [0.717, 1.165) is 30.2 Å². The Hall–Kier alpha value is -0.960. The molecular formula is C15H15Cl2NO. The summed E-state index contributed by atoms with van der Waals surface area (Å²) in [5.74, 6) is 1.54. The van der Waals surface area contributed by atoms with Crippen molar-refractivity contribution in [3.8, 4) is 0 Å². The lowest BCUT2D eigenvalue weighted by Crippen LogP contribution is -2.39. The van der Waals surface area contributed by atoms with Gasteiger partial charge in [0.2, 0.25) is 0 Å². The highest BCUT2D eigenvalue weighted by Crippen LogP contribution is 2.37. The molecule has 0 amide bonds. The van der Waals surface area contributed by atoms with Gasteiger partial charge in [0.05, 0.1) is 6.54 Å². The molecule has 1 N–H and O–H groups in total. The summed E-state index contributed by atoms with van der Waals surface area (Å²) in [5.41, 5.74) is 1.38. The van der Waals surface area contributed by atoms with Crippen LogP contribution in [0.3, 0.4) is 0 Å². The van der Waals surface area contributed by atoms with Crippen LogP contribution in [0.15, 0.2) is 40.8 Å². The monoisotopic (exact) mass is 295 g/mol. The van der Waals surface area contributed by atoms with Crippen molar-refractivity contribution in [2.45, 2.75) is 31.3 Å². The maximum absolute atomic E-state index is 5.89. The van der Waals surface area contributed by atoms with Crippen molar-refractivity contribution in [2.75, 3.05) is 0 Å². The average molecular weight is 296 g/mol. The lowest BCUT2D eigenvalue weighted by Gasteiger charge is -2.36. The van der Waals surface area contributed by atoms with Crippen LogP contribution in [0, 0.1) is 0 Å². The highest BCUT2D eigenvalue weighted by molar-refractivity contribution is 6.30. The van der Waals surface area contributed by atoms with Gasteiger partial charge in [-0.15, -0.1) is 0 Å². The largest absolute Gasteiger partial charge is 0.448 e. The van der Waals surface area contributed by atoms with E-state index >= 15 is 0 Å². The molecule has 0 aliphatic heterocycles. The van der Waals surface area contributed by atoms with Crippen molar-refractivity contribution in [2.24, 2.45) is 0 Å². The summed E-state index contributed by atoms with van der Waals surface area (Å²) in [4.78, 5) is 0. The van der Waals surface area contributed by atoms with Gasteiger partial charge in [-0.1, -0.05) is 23.7 Å². The molecule has 19 heavy (non-hydrogen) atoms. The summed E-state index contributed by atoms with van der Waals surface area (Å²) in [7, 11) is 0. The minimum absolute atomic E-state index is 0.449. The fraction of sp³-hybridized carbons (Fsp3) is 0.333. The van der Waals surface area contributed by atoms with Crippen LogP contribution in [0.5, 0.6) is 0 Å². The molecule has 1 aromatic heterocycles. The van der Waals surface area contributed by atoms with E-state index < -0.39 is 0 Å². The fourth-order valence-electron chi connectivity index (χ4n) is 2.48. The van der Waals surface area contributed by atoms with E-state index in [0.29, 0.717) is 17.2 Å². The van der Waals surface area contributed by atoms with E-state index in [1.807, 2.05) is 18.2 Å². The summed E-state index contributed by atoms with van der Waals surface area (Å²) in [6.45, 7) is 0.741. The van der Waals surface area contributed by atoms with Gasteiger partial charge in [-0.2, -0.15) is 0 Å². The first-order chi connectivity index (χ1) is 9.20. The highest BCUT2D eigenvalue weighted by atomic mass is 35.5. The molecule has 4 heteroatoms. The number of halogens is 2. The topological polar surface area (TPSA) is 25.2 Å². The Morgan fingerprint density at radius 2 is 1.79 bits per heavy atom. The SMILES string of the molecule is Clc1ccc(C2CC(NCc3ccc(Cl)o3)C2)cc1. The Labute approximate surface area is 122 Å². The van der Waals surface area contributed by atoms with Gasteiger partial charge in [-0.05, 0) is 60.2 Å². The van der Waals surface area contributed by atoms with Crippen molar-refractivity contribution >= 4 is 23.2 Å². The molecule has 0 unspecified atom stereocenters. The second kappa shape index (κ2) is 5.58. The molecule has 2 aromatic rings. The zero-order chi connectivity index (χ0) is 13.2. The summed E-state index contributed by atoms with van der Waals surface area (Å²) in [6, 6.07) is 12.4. The molecule has 100 valence electrons. The summed E-state index contributed by atoms with van der Waals surface area (Å²) < 4.78 is 5.32. The maximum atomic E-state index is 5.89. The first kappa shape index (κ1) is 13.0. The van der Waals surface area contributed by atoms with E-state index in [1.165, 1.54) is 5.56 Å². The van der Waals surface area contributed by atoms with Crippen molar-refractivity contribution in [3.63, 3.8) is 0 Å². The lowest BCUT2D eigenvalue weighted by atomic mass is 9.76. The zero-order valence-electron chi connectivity index (χ0n) is 10.4. The van der Waals surface area contributed by atoms with E-state index in [1.54, 1.807) is 6.07 Å². The van der Waals surface area contributed by atoms with E-state index in [4.69, 9.17) is 27.6 Å². The van der Waals surface area contributed by atoms with Gasteiger partial charge < -0.3 is 9.73 Å². The van der Waals surface area contributed by atoms with Gasteiger partial charge >= 0.3 is 0 Å². The molecule has 1 aromatic carbocycles. The standard InChI is InChI=1S/C15H15Cl2NO/c16-12-3-1-10(2-4-12)11-7-13(8-11)18-9-14-5-6-15(17)19-14/h1-6,11,13,18H,7-9H2. The molecule has 2 nitrogen and oxygen atoms in total. The third kappa shape index (κ3) is 3.14. The Morgan fingerprint density at radius 1 is 1.05 bits per heavy atom. The van der Waals surface area contributed by atoms with E-state index in [9.17, 15) is 0 Å². The maximum Gasteiger partial charge on any atom is 0.193 e. The number of hydrogen-bond acceptors (Lipinski definition) is 2. The quantitative estimate of drug-likeness (QED) is 0.890. The van der Waals surface area contributed by atoms with Gasteiger partial charge in [0.15, 0.2) is 5.22 Å². The zero-order valence-corrected chi connectivity index (χ0v) is 11.9. The second-order valence-electron chi connectivity index (χ2n) is 5.00. The lowest BCUT2D eigenvalue weighted by molar-refractivity contribution is 0.281. The Bertz CT molecular complexity index is 544. The van der Waals surface area contributed by atoms with Crippen LogP contribution in [0.2, 0.25) is 10.2 Å². The van der Waals surface area contributed by atoms with Gasteiger partial charge in [-0.25, -0.2) is 0 Å². The van der Waals surface area contributed by atoms with E-state index in [2.05, 4.69) is 17.4 Å². The molecule has 1 aliphatic rings. The van der Waals surface area contributed by atoms with Crippen LogP contribution < -0.4 is 5.32 Å². The molecule has 1 heterocycles. The molecule has 0 radical (unpaired) electrons. The van der Waals surface area contributed by atoms with Crippen LogP contribution in [-0.4, -0.2) is 6.04 Å². The highest BCUT2D eigenvalue weighted by Gasteiger charge is 2.29. The predicted octanol–water partition coefficient (Wildman–Crippen LogP) is 4.62. The van der Waals surface area contributed by atoms with E-state index in [-0.39, 0.29) is 0 Å². The molecule has 0 atom stereocenters. The number of hydrogen-bond donors (Lipinski definition) is 1. The summed E-state index contributed by atoms with van der Waals surface area (Å²) in [6.07, 6.45) is 2.33. The van der Waals surface area contributed by atoms with Gasteiger partial charge in [0.1, 0.15) is 5.76 Å². The van der Waals surface area contributed by atoms with Gasteiger partial charge in [0, 0.05) is 11.1 Å². The molecule has 0 saturated heterocycles. The molecule has 1 fully saturated rings. The normalized spacial score (nSPS) is 22.2. The van der Waals surface area contributed by atoms with Crippen LogP contribution in [0.25, 0.3) is 0 Å². The molecular weight excluding hydrogens is 281 g/mol. The first-order valence-corrected chi connectivity index (χ1v) is 7.19. The molecule has 0 bridgehead atoms. The number of benzene rings is 1. The van der Waals surface area contributed by atoms with Gasteiger partial charge in [0.25, 0.3) is 0 Å². The summed E-state index contributed by atoms with van der Waals surface area (Å²) in [5, 5.41) is 4.73. The smallest absolute Gasteiger partial charge is 0.193 e. The summed E-state index contributed by atoms with van der Waals surface area (Å²) >= 11 is 11.6. The molecule has 3 rings (SSSR count). The molecule has 1 aliphatic carbocycles. The third-order valence-corrected chi connectivity index (χ3v) is 4.13. The molecule has 0 spiro atoms. The van der Waals surface area contributed by atoms with Crippen molar-refractivity contribution in [1.82, 2.24) is 5.32 Å². The Morgan fingerprint density at radius 3 is 2.42 bits per heavy atom. The van der Waals surface area contributed by atoms with Crippen molar-refractivity contribution < 1.29 is 4.42 Å². The predicted molar refractivity (Wildman–Crippen MR) is 77.8 cm³/mol. The van der Waals surface area contributed by atoms with Crippen molar-refractivity contribution in [3.05, 3.63) is 58.0 Å².